The molecular weight excluding hydrogens is 424 g/mol. The van der Waals surface area contributed by atoms with E-state index in [9.17, 15) is 8.42 Å². The molecule has 1 aromatic heterocycles. The van der Waals surface area contributed by atoms with E-state index in [-0.39, 0.29) is 0 Å². The number of rotatable bonds is 7. The van der Waals surface area contributed by atoms with Gasteiger partial charge in [0.2, 0.25) is 0 Å². The predicted octanol–water partition coefficient (Wildman–Crippen LogP) is 3.96. The average molecular weight is 451 g/mol. The highest BCUT2D eigenvalue weighted by atomic mass is 32.2. The van der Waals surface area contributed by atoms with Crippen molar-refractivity contribution < 1.29 is 13.2 Å². The van der Waals surface area contributed by atoms with Gasteiger partial charge in [-0.2, -0.15) is 8.42 Å². The Morgan fingerprint density at radius 1 is 0.906 bits per heavy atom. The number of nitrogens with zero attached hydrogens (tertiary/aromatic N) is 1. The largest absolute Gasteiger partial charge is 0.379 e. The number of benzene rings is 3. The van der Waals surface area contributed by atoms with E-state index in [0.29, 0.717) is 11.4 Å². The molecule has 1 aliphatic heterocycles. The molecule has 4 aromatic rings. The molecule has 0 atom stereocenters. The SMILES string of the molecule is O=S(=O)(Nc1ccc2ccccc2c1)Nc1ccc2[nH]cc(CCN3CCOCC3)c2c1. The Kier molecular flexibility index (Phi) is 5.73. The Bertz CT molecular complexity index is 1340. The normalized spacial score (nSPS) is 15.2. The van der Waals surface area contributed by atoms with Gasteiger partial charge in [0.25, 0.3) is 0 Å². The van der Waals surface area contributed by atoms with Crippen LogP contribution in [0.15, 0.2) is 66.9 Å². The third-order valence-corrected chi connectivity index (χ3v) is 6.83. The van der Waals surface area contributed by atoms with Crippen LogP contribution in [0.3, 0.4) is 0 Å². The summed E-state index contributed by atoms with van der Waals surface area (Å²) < 4.78 is 36.2. The van der Waals surface area contributed by atoms with E-state index in [4.69, 9.17) is 4.74 Å². The number of H-pyrrole nitrogens is 1. The summed E-state index contributed by atoms with van der Waals surface area (Å²) in [6.07, 6.45) is 2.91. The first-order valence-electron chi connectivity index (χ1n) is 10.8. The highest BCUT2D eigenvalue weighted by Crippen LogP contribution is 2.25. The summed E-state index contributed by atoms with van der Waals surface area (Å²) in [5.74, 6) is 0. The van der Waals surface area contributed by atoms with Crippen LogP contribution in [0.1, 0.15) is 5.56 Å². The second kappa shape index (κ2) is 8.82. The molecule has 166 valence electrons. The van der Waals surface area contributed by atoms with Gasteiger partial charge < -0.3 is 9.72 Å². The number of fused-ring (bicyclic) bond motifs is 2. The molecule has 2 heterocycles. The molecule has 0 amide bonds. The van der Waals surface area contributed by atoms with Gasteiger partial charge in [-0.3, -0.25) is 14.3 Å². The van der Waals surface area contributed by atoms with E-state index >= 15 is 0 Å². The smallest absolute Gasteiger partial charge is 0.321 e. The number of morpholine rings is 1. The van der Waals surface area contributed by atoms with Crippen molar-refractivity contribution in [3.8, 4) is 0 Å². The minimum absolute atomic E-state index is 0.519. The van der Waals surface area contributed by atoms with Crippen molar-refractivity contribution in [1.29, 1.82) is 0 Å². The van der Waals surface area contributed by atoms with Crippen LogP contribution in [0.5, 0.6) is 0 Å². The molecule has 0 saturated carbocycles. The molecule has 0 unspecified atom stereocenters. The Morgan fingerprint density at radius 2 is 1.62 bits per heavy atom. The van der Waals surface area contributed by atoms with E-state index < -0.39 is 10.2 Å². The van der Waals surface area contributed by atoms with Gasteiger partial charge in [-0.15, -0.1) is 0 Å². The van der Waals surface area contributed by atoms with E-state index in [2.05, 4.69) is 19.3 Å². The third-order valence-electron chi connectivity index (χ3n) is 5.82. The lowest BCUT2D eigenvalue weighted by molar-refractivity contribution is 0.0385. The van der Waals surface area contributed by atoms with Crippen LogP contribution in [-0.2, 0) is 21.4 Å². The lowest BCUT2D eigenvalue weighted by atomic mass is 10.1. The highest BCUT2D eigenvalue weighted by Gasteiger charge is 2.14. The summed E-state index contributed by atoms with van der Waals surface area (Å²) in [5.41, 5.74) is 3.21. The van der Waals surface area contributed by atoms with Gasteiger partial charge in [0.15, 0.2) is 0 Å². The quantitative estimate of drug-likeness (QED) is 0.398. The number of ether oxygens (including phenoxy) is 1. The van der Waals surface area contributed by atoms with Crippen LogP contribution in [-0.4, -0.2) is 51.1 Å². The molecule has 0 bridgehead atoms. The molecule has 0 spiro atoms. The second-order valence-electron chi connectivity index (χ2n) is 8.05. The van der Waals surface area contributed by atoms with Gasteiger partial charge in [-0.05, 0) is 53.1 Å². The zero-order valence-corrected chi connectivity index (χ0v) is 18.5. The molecule has 0 aliphatic carbocycles. The summed E-state index contributed by atoms with van der Waals surface area (Å²) in [5, 5.41) is 3.07. The summed E-state index contributed by atoms with van der Waals surface area (Å²) in [7, 11) is -3.78. The van der Waals surface area contributed by atoms with E-state index in [0.717, 1.165) is 60.9 Å². The fourth-order valence-electron chi connectivity index (χ4n) is 4.14. The number of nitrogens with one attached hydrogen (secondary N) is 3. The predicted molar refractivity (Wildman–Crippen MR) is 129 cm³/mol. The van der Waals surface area contributed by atoms with Crippen molar-refractivity contribution in [2.24, 2.45) is 0 Å². The van der Waals surface area contributed by atoms with E-state index in [1.54, 1.807) is 12.1 Å². The molecule has 7 nitrogen and oxygen atoms in total. The zero-order chi connectivity index (χ0) is 22.0. The maximum absolute atomic E-state index is 12.7. The Morgan fingerprint density at radius 3 is 2.44 bits per heavy atom. The maximum Gasteiger partial charge on any atom is 0.321 e. The fraction of sp³-hybridized carbons (Fsp3) is 0.250. The van der Waals surface area contributed by atoms with Crippen LogP contribution in [0.2, 0.25) is 0 Å². The highest BCUT2D eigenvalue weighted by molar-refractivity contribution is 7.94. The van der Waals surface area contributed by atoms with Crippen molar-refractivity contribution in [2.75, 3.05) is 42.3 Å². The average Bonchev–Trinajstić information content (AvgIpc) is 3.20. The van der Waals surface area contributed by atoms with Crippen LogP contribution >= 0.6 is 0 Å². The minimum Gasteiger partial charge on any atom is -0.379 e. The summed E-state index contributed by atoms with van der Waals surface area (Å²) >= 11 is 0. The second-order valence-corrected chi connectivity index (χ2v) is 9.46. The van der Waals surface area contributed by atoms with Gasteiger partial charge in [0.1, 0.15) is 0 Å². The van der Waals surface area contributed by atoms with Gasteiger partial charge in [0, 0.05) is 36.7 Å². The third kappa shape index (κ3) is 4.72. The molecule has 5 rings (SSSR count). The van der Waals surface area contributed by atoms with Crippen molar-refractivity contribution >= 4 is 43.3 Å². The Hall–Kier alpha value is -3.07. The molecule has 8 heteroatoms. The number of aromatic amines is 1. The summed E-state index contributed by atoms with van der Waals surface area (Å²) in [6, 6.07) is 18.9. The summed E-state index contributed by atoms with van der Waals surface area (Å²) in [6.45, 7) is 4.42. The van der Waals surface area contributed by atoms with Crippen LogP contribution in [0, 0.1) is 0 Å². The number of hydrogen-bond acceptors (Lipinski definition) is 4. The van der Waals surface area contributed by atoms with Crippen molar-refractivity contribution in [1.82, 2.24) is 9.88 Å². The zero-order valence-electron chi connectivity index (χ0n) is 17.7. The topological polar surface area (TPSA) is 86.5 Å². The molecule has 1 aliphatic rings. The van der Waals surface area contributed by atoms with Crippen molar-refractivity contribution in [3.05, 3.63) is 72.4 Å². The Balaban J connectivity index is 1.31. The first kappa shape index (κ1) is 20.8. The molecular formula is C24H26N4O3S. The molecule has 1 saturated heterocycles. The maximum atomic E-state index is 12.7. The fourth-order valence-corrected chi connectivity index (χ4v) is 5.07. The first-order chi connectivity index (χ1) is 15.6. The van der Waals surface area contributed by atoms with Crippen LogP contribution in [0.4, 0.5) is 11.4 Å². The van der Waals surface area contributed by atoms with Crippen LogP contribution in [0.25, 0.3) is 21.7 Å². The number of aromatic nitrogens is 1. The monoisotopic (exact) mass is 450 g/mol. The first-order valence-corrected chi connectivity index (χ1v) is 12.2. The molecule has 3 N–H and O–H groups in total. The van der Waals surface area contributed by atoms with Crippen molar-refractivity contribution in [3.63, 3.8) is 0 Å². The standard InChI is InChI=1S/C24H26N4O3S/c29-32(30,26-21-6-5-18-3-1-2-4-19(18)15-21)27-22-7-8-24-23(16-22)20(17-25-24)9-10-28-11-13-31-14-12-28/h1-8,15-17,25-27H,9-14H2. The number of hydrogen-bond donors (Lipinski definition) is 3. The van der Waals surface area contributed by atoms with Gasteiger partial charge in [0.05, 0.1) is 24.6 Å². The molecule has 1 fully saturated rings. The Labute approximate surface area is 187 Å². The molecule has 0 radical (unpaired) electrons. The van der Waals surface area contributed by atoms with Crippen LogP contribution < -0.4 is 9.44 Å². The van der Waals surface area contributed by atoms with Gasteiger partial charge >= 0.3 is 10.2 Å². The molecule has 32 heavy (non-hydrogen) atoms. The van der Waals surface area contributed by atoms with Gasteiger partial charge in [-0.25, -0.2) is 0 Å². The van der Waals surface area contributed by atoms with Gasteiger partial charge in [-0.1, -0.05) is 30.3 Å². The lowest BCUT2D eigenvalue weighted by Gasteiger charge is -2.26. The summed E-state index contributed by atoms with van der Waals surface area (Å²) in [4.78, 5) is 5.68. The minimum atomic E-state index is -3.78. The molecule has 3 aromatic carbocycles. The van der Waals surface area contributed by atoms with E-state index in [1.807, 2.05) is 54.7 Å². The van der Waals surface area contributed by atoms with Crippen molar-refractivity contribution in [2.45, 2.75) is 6.42 Å². The van der Waals surface area contributed by atoms with E-state index in [1.165, 1.54) is 5.56 Å². The number of anilines is 2. The lowest BCUT2D eigenvalue weighted by Crippen LogP contribution is -2.37.